The lowest BCUT2D eigenvalue weighted by Crippen LogP contribution is -2.57. The summed E-state index contributed by atoms with van der Waals surface area (Å²) >= 11 is 5.79. The van der Waals surface area contributed by atoms with Crippen molar-refractivity contribution in [3.8, 4) is 11.5 Å². The van der Waals surface area contributed by atoms with E-state index in [1.165, 1.54) is 30.3 Å². The predicted molar refractivity (Wildman–Crippen MR) is 84.4 cm³/mol. The zero-order valence-corrected chi connectivity index (χ0v) is 14.5. The standard InChI is InChI=1S/C17H8ClF7O4/c18-10-6-2-1-5-9(10)13(26)28-11-7-3-4-8-12(11)29-14(27)15(19,20)16(21,22)17(23,24)25/h1-8H. The fourth-order valence-electron chi connectivity index (χ4n) is 1.87. The Balaban J connectivity index is 2.28. The molecule has 156 valence electrons. The molecule has 0 aliphatic carbocycles. The number of carbonyl (C=O) groups is 2. The van der Waals surface area contributed by atoms with Crippen LogP contribution in [0, 0.1) is 0 Å². The number of alkyl halides is 7. The minimum atomic E-state index is -6.72. The summed E-state index contributed by atoms with van der Waals surface area (Å²) in [6.07, 6.45) is -6.72. The van der Waals surface area contributed by atoms with Crippen molar-refractivity contribution in [1.29, 1.82) is 0 Å². The second-order valence-electron chi connectivity index (χ2n) is 5.35. The molecule has 0 aromatic heterocycles. The lowest BCUT2D eigenvalue weighted by molar-refractivity contribution is -0.346. The number of carbonyl (C=O) groups excluding carboxylic acids is 2. The van der Waals surface area contributed by atoms with Crippen molar-refractivity contribution < 1.29 is 49.8 Å². The summed E-state index contributed by atoms with van der Waals surface area (Å²) in [5.41, 5.74) is -0.177. The third-order valence-electron chi connectivity index (χ3n) is 3.35. The van der Waals surface area contributed by atoms with Crippen LogP contribution in [0.25, 0.3) is 0 Å². The maximum atomic E-state index is 13.4. The number of rotatable bonds is 5. The van der Waals surface area contributed by atoms with E-state index in [2.05, 4.69) is 4.74 Å². The molecule has 0 aliphatic heterocycles. The summed E-state index contributed by atoms with van der Waals surface area (Å²) in [5, 5.41) is -0.0525. The van der Waals surface area contributed by atoms with E-state index in [1.54, 1.807) is 0 Å². The van der Waals surface area contributed by atoms with E-state index in [9.17, 15) is 40.3 Å². The van der Waals surface area contributed by atoms with Gasteiger partial charge in [-0.15, -0.1) is 0 Å². The Hall–Kier alpha value is -2.82. The van der Waals surface area contributed by atoms with Crippen LogP contribution in [0.1, 0.15) is 10.4 Å². The molecule has 0 bridgehead atoms. The van der Waals surface area contributed by atoms with Crippen LogP contribution in [0.4, 0.5) is 30.7 Å². The number of hydrogen-bond acceptors (Lipinski definition) is 4. The molecule has 2 rings (SSSR count). The highest BCUT2D eigenvalue weighted by molar-refractivity contribution is 6.33. The molecule has 0 radical (unpaired) electrons. The van der Waals surface area contributed by atoms with Crippen molar-refractivity contribution in [2.75, 3.05) is 0 Å². The Morgan fingerprint density at radius 2 is 1.24 bits per heavy atom. The summed E-state index contributed by atoms with van der Waals surface area (Å²) in [4.78, 5) is 23.5. The highest BCUT2D eigenvalue weighted by atomic mass is 35.5. The number of hydrogen-bond donors (Lipinski definition) is 0. The van der Waals surface area contributed by atoms with Crippen LogP contribution in [-0.2, 0) is 4.79 Å². The van der Waals surface area contributed by atoms with Gasteiger partial charge in [-0.05, 0) is 24.3 Å². The van der Waals surface area contributed by atoms with Crippen molar-refractivity contribution in [2.45, 2.75) is 18.0 Å². The Bertz CT molecular complexity index is 928. The van der Waals surface area contributed by atoms with Gasteiger partial charge in [-0.3, -0.25) is 0 Å². The van der Waals surface area contributed by atoms with Crippen molar-refractivity contribution in [2.24, 2.45) is 0 Å². The van der Waals surface area contributed by atoms with Crippen molar-refractivity contribution in [3.63, 3.8) is 0 Å². The first-order valence-corrected chi connectivity index (χ1v) is 7.77. The van der Waals surface area contributed by atoms with E-state index in [0.717, 1.165) is 18.2 Å². The zero-order valence-electron chi connectivity index (χ0n) is 13.8. The normalized spacial score (nSPS) is 12.4. The quantitative estimate of drug-likeness (QED) is 0.357. The molecule has 0 unspecified atom stereocenters. The molecule has 0 fully saturated rings. The zero-order chi connectivity index (χ0) is 22.0. The molecule has 2 aromatic carbocycles. The molecule has 0 heterocycles. The third kappa shape index (κ3) is 4.44. The van der Waals surface area contributed by atoms with Crippen LogP contribution in [0.15, 0.2) is 48.5 Å². The summed E-state index contributed by atoms with van der Waals surface area (Å²) in [5.74, 6) is -19.0. The van der Waals surface area contributed by atoms with Crippen LogP contribution in [0.3, 0.4) is 0 Å². The summed E-state index contributed by atoms with van der Waals surface area (Å²) in [6, 6.07) is 9.38. The fourth-order valence-corrected chi connectivity index (χ4v) is 2.08. The monoisotopic (exact) mass is 444 g/mol. The molecule has 4 nitrogen and oxygen atoms in total. The van der Waals surface area contributed by atoms with E-state index in [1.807, 2.05) is 0 Å². The Kier molecular flexibility index (Phi) is 6.12. The Morgan fingerprint density at radius 3 is 1.76 bits per heavy atom. The predicted octanol–water partition coefficient (Wildman–Crippen LogP) is 5.30. The van der Waals surface area contributed by atoms with E-state index in [-0.39, 0.29) is 10.6 Å². The van der Waals surface area contributed by atoms with Crippen LogP contribution in [0.5, 0.6) is 11.5 Å². The van der Waals surface area contributed by atoms with Crippen molar-refractivity contribution in [3.05, 3.63) is 59.1 Å². The second-order valence-corrected chi connectivity index (χ2v) is 5.76. The van der Waals surface area contributed by atoms with E-state index in [4.69, 9.17) is 16.3 Å². The molecule has 0 saturated carbocycles. The van der Waals surface area contributed by atoms with E-state index < -0.39 is 41.5 Å². The van der Waals surface area contributed by atoms with Crippen molar-refractivity contribution >= 4 is 23.5 Å². The van der Waals surface area contributed by atoms with Gasteiger partial charge in [-0.25, -0.2) is 9.59 Å². The number of esters is 2. The summed E-state index contributed by atoms with van der Waals surface area (Å²) in [6.45, 7) is 0. The molecule has 0 saturated heterocycles. The molecule has 0 N–H and O–H groups in total. The van der Waals surface area contributed by atoms with Gasteiger partial charge in [0.25, 0.3) is 0 Å². The lowest BCUT2D eigenvalue weighted by atomic mass is 10.1. The Morgan fingerprint density at radius 1 is 0.759 bits per heavy atom. The maximum absolute atomic E-state index is 13.4. The smallest absolute Gasteiger partial charge is 0.419 e. The average molecular weight is 445 g/mol. The number of ether oxygens (including phenoxy) is 2. The van der Waals surface area contributed by atoms with Gasteiger partial charge in [-0.1, -0.05) is 35.9 Å². The van der Waals surface area contributed by atoms with Gasteiger partial charge in [-0.2, -0.15) is 30.7 Å². The minimum absolute atomic E-state index is 0.0525. The minimum Gasteiger partial charge on any atom is -0.419 e. The first kappa shape index (κ1) is 22.5. The molecule has 12 heteroatoms. The Labute approximate surface area is 162 Å². The first-order chi connectivity index (χ1) is 13.3. The summed E-state index contributed by atoms with van der Waals surface area (Å²) < 4.78 is 98.1. The molecular weight excluding hydrogens is 437 g/mol. The fraction of sp³-hybridized carbons (Fsp3) is 0.176. The lowest BCUT2D eigenvalue weighted by Gasteiger charge is -2.26. The molecule has 0 atom stereocenters. The highest BCUT2D eigenvalue weighted by Crippen LogP contribution is 2.47. The van der Waals surface area contributed by atoms with Crippen LogP contribution >= 0.6 is 11.6 Å². The van der Waals surface area contributed by atoms with Gasteiger partial charge in [0.05, 0.1) is 10.6 Å². The van der Waals surface area contributed by atoms with Gasteiger partial charge in [0.2, 0.25) is 0 Å². The second kappa shape index (κ2) is 7.90. The molecule has 0 spiro atoms. The molecule has 29 heavy (non-hydrogen) atoms. The molecule has 0 amide bonds. The van der Waals surface area contributed by atoms with Crippen LogP contribution in [-0.4, -0.2) is 30.0 Å². The van der Waals surface area contributed by atoms with Gasteiger partial charge < -0.3 is 9.47 Å². The van der Waals surface area contributed by atoms with Crippen molar-refractivity contribution in [1.82, 2.24) is 0 Å². The van der Waals surface area contributed by atoms with Gasteiger partial charge >= 0.3 is 30.0 Å². The molecular formula is C17H8ClF7O4. The van der Waals surface area contributed by atoms with Gasteiger partial charge in [0.1, 0.15) is 0 Å². The van der Waals surface area contributed by atoms with Gasteiger partial charge in [0.15, 0.2) is 11.5 Å². The number of halogens is 8. The average Bonchev–Trinajstić information content (AvgIpc) is 2.62. The number of para-hydroxylation sites is 2. The summed E-state index contributed by atoms with van der Waals surface area (Å²) in [7, 11) is 0. The topological polar surface area (TPSA) is 52.6 Å². The van der Waals surface area contributed by atoms with Crippen LogP contribution in [0.2, 0.25) is 5.02 Å². The third-order valence-corrected chi connectivity index (χ3v) is 3.68. The molecule has 2 aromatic rings. The highest BCUT2D eigenvalue weighted by Gasteiger charge is 2.77. The number of benzene rings is 2. The SMILES string of the molecule is O=C(Oc1ccccc1OC(=O)C(F)(F)C(F)(F)C(F)(F)F)c1ccccc1Cl. The molecule has 0 aliphatic rings. The van der Waals surface area contributed by atoms with E-state index in [0.29, 0.717) is 0 Å². The van der Waals surface area contributed by atoms with Crippen LogP contribution < -0.4 is 9.47 Å². The maximum Gasteiger partial charge on any atom is 0.460 e. The first-order valence-electron chi connectivity index (χ1n) is 7.39. The van der Waals surface area contributed by atoms with E-state index >= 15 is 0 Å². The largest absolute Gasteiger partial charge is 0.460 e. The van der Waals surface area contributed by atoms with Gasteiger partial charge in [0, 0.05) is 0 Å².